The lowest BCUT2D eigenvalue weighted by atomic mass is 9.63. The van der Waals surface area contributed by atoms with Crippen molar-refractivity contribution < 1.29 is 9.53 Å². The number of hydrogen-bond donors (Lipinski definition) is 0. The molecule has 0 unspecified atom stereocenters. The van der Waals surface area contributed by atoms with Crippen LogP contribution in [0, 0.1) is 43.9 Å². The van der Waals surface area contributed by atoms with Crippen molar-refractivity contribution in [3.8, 4) is 11.1 Å². The van der Waals surface area contributed by atoms with Crippen molar-refractivity contribution in [2.75, 3.05) is 0 Å². The summed E-state index contributed by atoms with van der Waals surface area (Å²) in [6.45, 7) is 32.5. The summed E-state index contributed by atoms with van der Waals surface area (Å²) in [5, 5.41) is 3.63. The molecule has 0 saturated carbocycles. The van der Waals surface area contributed by atoms with Crippen LogP contribution in [0.15, 0.2) is 72.8 Å². The van der Waals surface area contributed by atoms with Crippen molar-refractivity contribution in [2.24, 2.45) is 16.2 Å². The number of carbonyl (C=O) groups is 1. The zero-order valence-electron chi connectivity index (χ0n) is 33.2. The number of nitrogens with zero attached hydrogens (tertiary/aromatic N) is 1. The van der Waals surface area contributed by atoms with Crippen LogP contribution in [0.3, 0.4) is 0 Å². The van der Waals surface area contributed by atoms with Gasteiger partial charge in [0, 0.05) is 31.9 Å². The number of benzene rings is 4. The number of ether oxygens (including phenoxy) is 1. The van der Waals surface area contributed by atoms with E-state index in [1.165, 1.54) is 6.42 Å². The number of rotatable bonds is 2. The van der Waals surface area contributed by atoms with E-state index in [-0.39, 0.29) is 6.09 Å². The van der Waals surface area contributed by atoms with Crippen molar-refractivity contribution >= 4 is 51.1 Å². The van der Waals surface area contributed by atoms with E-state index in [4.69, 9.17) is 27.9 Å². The molecule has 1 heterocycles. The van der Waals surface area contributed by atoms with Gasteiger partial charge in [0.1, 0.15) is 5.60 Å². The first-order chi connectivity index (χ1) is 22.8. The molecule has 5 rings (SSSR count). The van der Waals surface area contributed by atoms with Crippen LogP contribution in [0.25, 0.3) is 32.9 Å². The fraction of sp³-hybridized carbons (Fsp3) is 0.444. The third-order valence-corrected chi connectivity index (χ3v) is 9.82. The van der Waals surface area contributed by atoms with Gasteiger partial charge in [-0.05, 0) is 118 Å². The van der Waals surface area contributed by atoms with Gasteiger partial charge < -0.3 is 4.74 Å². The summed E-state index contributed by atoms with van der Waals surface area (Å²) in [5.41, 5.74) is 9.05. The minimum atomic E-state index is -0.520. The maximum absolute atomic E-state index is 12.7. The topological polar surface area (TPSA) is 31.2 Å². The highest BCUT2D eigenvalue weighted by molar-refractivity contribution is 6.36. The number of fused-ring (bicyclic) bond motifs is 3. The van der Waals surface area contributed by atoms with Crippen molar-refractivity contribution in [3.05, 3.63) is 105 Å². The average molecular weight is 717 g/mol. The van der Waals surface area contributed by atoms with Gasteiger partial charge >= 0.3 is 6.09 Å². The van der Waals surface area contributed by atoms with E-state index in [0.717, 1.165) is 65.2 Å². The molecule has 0 aliphatic heterocycles. The molecular formula is C45H59Cl2NO2. The molecule has 0 bridgehead atoms. The number of aromatic nitrogens is 1. The normalized spacial score (nSPS) is 12.3. The molecule has 0 atom stereocenters. The second-order valence-corrected chi connectivity index (χ2v) is 18.5. The molecule has 5 heteroatoms. The number of hydrogen-bond acceptors (Lipinski definition) is 2. The standard InChI is InChI=1S/C19H21NO2.C14H12Cl2.C12H26/c1-12-6-8-14-15-9-7-13(2)11-17(15)20(16(14)10-12)18(21)22-19(3,4)5;1-9-3-5-11(13(15)7-9)12-6-4-10(2)8-14(12)16;1-10(2,3)9-12(7,8)11(4,5)6/h6-11H,1-5H3;3-8H,1-2H3;9H2,1-8H3. The van der Waals surface area contributed by atoms with E-state index in [2.05, 4.69) is 79.7 Å². The Labute approximate surface area is 312 Å². The number of halogens is 2. The molecule has 0 saturated heterocycles. The quantitative estimate of drug-likeness (QED) is 0.182. The smallest absolute Gasteiger partial charge is 0.419 e. The Morgan fingerprint density at radius 3 is 1.24 bits per heavy atom. The van der Waals surface area contributed by atoms with Gasteiger partial charge in [-0.25, -0.2) is 9.36 Å². The van der Waals surface area contributed by atoms with Gasteiger partial charge in [0.2, 0.25) is 0 Å². The van der Waals surface area contributed by atoms with Crippen molar-refractivity contribution in [1.29, 1.82) is 0 Å². The lowest BCUT2D eigenvalue weighted by Crippen LogP contribution is -2.33. The largest absolute Gasteiger partial charge is 0.443 e. The molecule has 0 amide bonds. The van der Waals surface area contributed by atoms with E-state index < -0.39 is 5.60 Å². The lowest BCUT2D eigenvalue weighted by Gasteiger charge is -2.43. The predicted molar refractivity (Wildman–Crippen MR) is 219 cm³/mol. The van der Waals surface area contributed by atoms with Gasteiger partial charge in [-0.15, -0.1) is 0 Å². The second-order valence-electron chi connectivity index (χ2n) is 17.7. The maximum atomic E-state index is 12.7. The Bertz CT molecular complexity index is 1850. The maximum Gasteiger partial charge on any atom is 0.419 e. The molecular weight excluding hydrogens is 657 g/mol. The van der Waals surface area contributed by atoms with Crippen LogP contribution in [-0.2, 0) is 4.74 Å². The molecule has 0 spiro atoms. The Morgan fingerprint density at radius 1 is 0.580 bits per heavy atom. The molecule has 270 valence electrons. The van der Waals surface area contributed by atoms with E-state index in [0.29, 0.717) is 16.2 Å². The van der Waals surface area contributed by atoms with Crippen LogP contribution in [0.1, 0.15) is 105 Å². The summed E-state index contributed by atoms with van der Waals surface area (Å²) in [4.78, 5) is 12.7. The molecule has 0 N–H and O–H groups in total. The van der Waals surface area contributed by atoms with Crippen molar-refractivity contribution in [3.63, 3.8) is 0 Å². The van der Waals surface area contributed by atoms with E-state index in [1.807, 2.05) is 97.0 Å². The molecule has 50 heavy (non-hydrogen) atoms. The highest BCUT2D eigenvalue weighted by Crippen LogP contribution is 2.45. The molecule has 5 aromatic rings. The molecule has 0 radical (unpaired) electrons. The SMILES string of the molecule is CC(C)(C)CC(C)(C)C(C)(C)C.Cc1ccc(-c2ccc(C)cc2Cl)c(Cl)c1.Cc1ccc2c3ccc(C)cc3n(C(=O)OC(C)(C)C)c2c1. The van der Waals surface area contributed by atoms with Crippen LogP contribution in [0.4, 0.5) is 4.79 Å². The zero-order valence-corrected chi connectivity index (χ0v) is 34.7. The monoisotopic (exact) mass is 715 g/mol. The average Bonchev–Trinajstić information content (AvgIpc) is 3.24. The summed E-state index contributed by atoms with van der Waals surface area (Å²) in [6, 6.07) is 24.4. The number of aryl methyl sites for hydroxylation is 4. The Hall–Kier alpha value is -3.27. The van der Waals surface area contributed by atoms with Crippen LogP contribution in [-0.4, -0.2) is 16.3 Å². The minimum absolute atomic E-state index is 0.330. The fourth-order valence-corrected chi connectivity index (χ4v) is 6.68. The zero-order chi connectivity index (χ0) is 38.0. The van der Waals surface area contributed by atoms with Crippen molar-refractivity contribution in [2.45, 2.75) is 116 Å². The van der Waals surface area contributed by atoms with Gasteiger partial charge in [-0.3, -0.25) is 0 Å². The van der Waals surface area contributed by atoms with Crippen LogP contribution < -0.4 is 0 Å². The van der Waals surface area contributed by atoms with Crippen LogP contribution >= 0.6 is 23.2 Å². The van der Waals surface area contributed by atoms with Gasteiger partial charge in [-0.1, -0.05) is 127 Å². The third kappa shape index (κ3) is 10.9. The van der Waals surface area contributed by atoms with Gasteiger partial charge in [0.25, 0.3) is 0 Å². The molecule has 0 aliphatic carbocycles. The Balaban J connectivity index is 0.000000214. The third-order valence-electron chi connectivity index (χ3n) is 9.20. The molecule has 1 aromatic heterocycles. The highest BCUT2D eigenvalue weighted by Gasteiger charge is 2.35. The molecule has 4 aromatic carbocycles. The summed E-state index contributed by atoms with van der Waals surface area (Å²) >= 11 is 12.4. The van der Waals surface area contributed by atoms with E-state index in [9.17, 15) is 4.79 Å². The van der Waals surface area contributed by atoms with E-state index in [1.54, 1.807) is 4.57 Å². The molecule has 0 fully saturated rings. The van der Waals surface area contributed by atoms with Crippen LogP contribution in [0.2, 0.25) is 10.0 Å². The van der Waals surface area contributed by atoms with Gasteiger partial charge in [0.05, 0.1) is 11.0 Å². The first-order valence-corrected chi connectivity index (χ1v) is 18.3. The second kappa shape index (κ2) is 15.5. The Morgan fingerprint density at radius 2 is 0.940 bits per heavy atom. The summed E-state index contributed by atoms with van der Waals surface area (Å²) in [6.07, 6.45) is 0.951. The van der Waals surface area contributed by atoms with Crippen LogP contribution in [0.5, 0.6) is 0 Å². The van der Waals surface area contributed by atoms with E-state index >= 15 is 0 Å². The fourth-order valence-electron chi connectivity index (χ4n) is 6.01. The lowest BCUT2D eigenvalue weighted by molar-refractivity contribution is 0.0551. The Kier molecular flexibility index (Phi) is 12.8. The highest BCUT2D eigenvalue weighted by atomic mass is 35.5. The summed E-state index contributed by atoms with van der Waals surface area (Å²) < 4.78 is 7.29. The number of carbonyl (C=O) groups excluding carboxylic acids is 1. The first-order valence-electron chi connectivity index (χ1n) is 17.6. The predicted octanol–water partition coefficient (Wildman–Crippen LogP) is 15.0. The van der Waals surface area contributed by atoms with Gasteiger partial charge in [0.15, 0.2) is 0 Å². The minimum Gasteiger partial charge on any atom is -0.443 e. The molecule has 3 nitrogen and oxygen atoms in total. The first kappa shape index (κ1) is 41.2. The van der Waals surface area contributed by atoms with Crippen molar-refractivity contribution in [1.82, 2.24) is 4.57 Å². The summed E-state index contributed by atoms with van der Waals surface area (Å²) in [5.74, 6) is 0. The summed E-state index contributed by atoms with van der Waals surface area (Å²) in [7, 11) is 0. The van der Waals surface area contributed by atoms with Gasteiger partial charge in [-0.2, -0.15) is 0 Å². The molecule has 0 aliphatic rings.